The lowest BCUT2D eigenvalue weighted by Gasteiger charge is -2.07. The molecule has 2 N–H and O–H groups in total. The number of rotatable bonds is 3. The Kier molecular flexibility index (Phi) is 3.36. The fourth-order valence-corrected chi connectivity index (χ4v) is 2.31. The first kappa shape index (κ1) is 13.0. The van der Waals surface area contributed by atoms with E-state index in [1.165, 1.54) is 6.07 Å². The summed E-state index contributed by atoms with van der Waals surface area (Å²) in [6, 6.07) is 12.5. The van der Waals surface area contributed by atoms with Crippen LogP contribution in [0.25, 0.3) is 11.1 Å². The second kappa shape index (κ2) is 5.17. The van der Waals surface area contributed by atoms with E-state index < -0.39 is 0 Å². The zero-order chi connectivity index (χ0) is 14.1. The number of benzene rings is 2. The predicted molar refractivity (Wildman–Crippen MR) is 79.0 cm³/mol. The van der Waals surface area contributed by atoms with Gasteiger partial charge >= 0.3 is 0 Å². The van der Waals surface area contributed by atoms with Gasteiger partial charge in [-0.2, -0.15) is 0 Å². The van der Waals surface area contributed by atoms with Crippen molar-refractivity contribution in [2.75, 3.05) is 0 Å². The van der Waals surface area contributed by atoms with Crippen LogP contribution in [0, 0.1) is 0 Å². The zero-order valence-electron chi connectivity index (χ0n) is 10.8. The number of carbonyl (C=O) groups is 1. The first-order valence-corrected chi connectivity index (χ1v) is 6.90. The Balaban J connectivity index is 1.91. The van der Waals surface area contributed by atoms with Gasteiger partial charge in [0.05, 0.1) is 0 Å². The monoisotopic (exact) mass is 287 g/mol. The number of carbonyl (C=O) groups excluding carboxylic acids is 1. The van der Waals surface area contributed by atoms with Gasteiger partial charge in [-0.25, -0.2) is 0 Å². The summed E-state index contributed by atoms with van der Waals surface area (Å²) in [5.74, 6) is 0.0564. The molecule has 0 atom stereocenters. The Hall–Kier alpha value is -2.00. The fraction of sp³-hybridized carbons (Fsp3) is 0.188. The molecule has 102 valence electrons. The van der Waals surface area contributed by atoms with Gasteiger partial charge in [-0.1, -0.05) is 23.7 Å². The molecule has 0 aliphatic heterocycles. The molecular formula is C16H14ClNO2. The summed E-state index contributed by atoms with van der Waals surface area (Å²) in [6.45, 7) is 0. The predicted octanol–water partition coefficient (Wildman–Crippen LogP) is 3.60. The minimum Gasteiger partial charge on any atom is -0.508 e. The summed E-state index contributed by atoms with van der Waals surface area (Å²) in [6.07, 6.45) is 2.13. The van der Waals surface area contributed by atoms with E-state index in [-0.39, 0.29) is 11.7 Å². The molecule has 2 aromatic carbocycles. The fourth-order valence-electron chi connectivity index (χ4n) is 2.08. The van der Waals surface area contributed by atoms with Crippen molar-refractivity contribution >= 4 is 17.5 Å². The number of nitrogens with one attached hydrogen (secondary N) is 1. The Morgan fingerprint density at radius 2 is 1.95 bits per heavy atom. The number of halogens is 1. The number of hydrogen-bond donors (Lipinski definition) is 2. The van der Waals surface area contributed by atoms with Crippen LogP contribution in [0.15, 0.2) is 42.5 Å². The molecule has 1 aliphatic rings. The Morgan fingerprint density at radius 3 is 2.65 bits per heavy atom. The van der Waals surface area contributed by atoms with Crippen LogP contribution in [0.4, 0.5) is 0 Å². The van der Waals surface area contributed by atoms with E-state index >= 15 is 0 Å². The lowest BCUT2D eigenvalue weighted by Crippen LogP contribution is -2.25. The van der Waals surface area contributed by atoms with Gasteiger partial charge in [-0.05, 0) is 54.3 Å². The number of phenolic OH excluding ortho intramolecular Hbond substituents is 1. The topological polar surface area (TPSA) is 49.3 Å². The first-order chi connectivity index (χ1) is 9.61. The minimum atomic E-state index is -0.0550. The van der Waals surface area contributed by atoms with Crippen molar-refractivity contribution in [3.8, 4) is 16.9 Å². The van der Waals surface area contributed by atoms with E-state index in [1.54, 1.807) is 18.2 Å². The second-order valence-corrected chi connectivity index (χ2v) is 5.46. The molecule has 0 saturated heterocycles. The molecule has 2 aromatic rings. The highest BCUT2D eigenvalue weighted by Gasteiger charge is 2.23. The van der Waals surface area contributed by atoms with E-state index in [9.17, 15) is 9.90 Å². The van der Waals surface area contributed by atoms with Crippen molar-refractivity contribution in [3.63, 3.8) is 0 Å². The third-order valence-electron chi connectivity index (χ3n) is 3.25. The molecule has 4 heteroatoms. The number of amides is 1. The Morgan fingerprint density at radius 1 is 1.15 bits per heavy atom. The van der Waals surface area contributed by atoms with Crippen LogP contribution in [0.2, 0.25) is 5.02 Å². The summed E-state index contributed by atoms with van der Waals surface area (Å²) >= 11 is 5.94. The third-order valence-corrected chi connectivity index (χ3v) is 3.47. The van der Waals surface area contributed by atoms with Crippen LogP contribution in [0.5, 0.6) is 5.75 Å². The molecule has 0 spiro atoms. The van der Waals surface area contributed by atoms with Crippen molar-refractivity contribution in [2.45, 2.75) is 18.9 Å². The molecule has 1 aliphatic carbocycles. The quantitative estimate of drug-likeness (QED) is 0.906. The van der Waals surface area contributed by atoms with E-state index in [0.717, 1.165) is 24.0 Å². The molecule has 3 rings (SSSR count). The summed E-state index contributed by atoms with van der Waals surface area (Å²) in [7, 11) is 0. The van der Waals surface area contributed by atoms with Crippen LogP contribution >= 0.6 is 11.6 Å². The largest absolute Gasteiger partial charge is 0.508 e. The van der Waals surface area contributed by atoms with Gasteiger partial charge in [0.25, 0.3) is 5.91 Å². The lowest BCUT2D eigenvalue weighted by atomic mass is 10.0. The standard InChI is InChI=1S/C16H14ClNO2/c17-13-7-12(8-15(19)9-13)10-2-1-3-11(6-10)16(20)18-14-4-5-14/h1-3,6-9,14,19H,4-5H2,(H,18,20). The van der Waals surface area contributed by atoms with Gasteiger partial charge < -0.3 is 10.4 Å². The Labute approximate surface area is 122 Å². The molecule has 0 radical (unpaired) electrons. The van der Waals surface area contributed by atoms with Gasteiger partial charge in [0.1, 0.15) is 5.75 Å². The molecule has 1 amide bonds. The van der Waals surface area contributed by atoms with Crippen molar-refractivity contribution in [3.05, 3.63) is 53.1 Å². The molecule has 0 bridgehead atoms. The van der Waals surface area contributed by atoms with Crippen molar-refractivity contribution in [1.29, 1.82) is 0 Å². The molecule has 20 heavy (non-hydrogen) atoms. The first-order valence-electron chi connectivity index (χ1n) is 6.53. The van der Waals surface area contributed by atoms with Crippen LogP contribution in [0.3, 0.4) is 0 Å². The summed E-state index contributed by atoms with van der Waals surface area (Å²) in [4.78, 5) is 12.0. The molecule has 3 nitrogen and oxygen atoms in total. The van der Waals surface area contributed by atoms with Crippen molar-refractivity contribution < 1.29 is 9.90 Å². The van der Waals surface area contributed by atoms with E-state index in [0.29, 0.717) is 16.6 Å². The maximum absolute atomic E-state index is 12.0. The van der Waals surface area contributed by atoms with Crippen LogP contribution in [0.1, 0.15) is 23.2 Å². The van der Waals surface area contributed by atoms with Crippen molar-refractivity contribution in [2.24, 2.45) is 0 Å². The maximum Gasteiger partial charge on any atom is 0.251 e. The highest BCUT2D eigenvalue weighted by atomic mass is 35.5. The SMILES string of the molecule is O=C(NC1CC1)c1cccc(-c2cc(O)cc(Cl)c2)c1. The second-order valence-electron chi connectivity index (χ2n) is 5.03. The van der Waals surface area contributed by atoms with Crippen LogP contribution < -0.4 is 5.32 Å². The highest BCUT2D eigenvalue weighted by Crippen LogP contribution is 2.28. The summed E-state index contributed by atoms with van der Waals surface area (Å²) in [5.41, 5.74) is 2.26. The Bertz CT molecular complexity index is 645. The summed E-state index contributed by atoms with van der Waals surface area (Å²) in [5, 5.41) is 13.0. The van der Waals surface area contributed by atoms with E-state index in [2.05, 4.69) is 5.32 Å². The maximum atomic E-state index is 12.0. The summed E-state index contributed by atoms with van der Waals surface area (Å²) < 4.78 is 0. The lowest BCUT2D eigenvalue weighted by molar-refractivity contribution is 0.0951. The molecule has 0 unspecified atom stereocenters. The van der Waals surface area contributed by atoms with E-state index in [4.69, 9.17) is 11.6 Å². The zero-order valence-corrected chi connectivity index (χ0v) is 11.5. The average Bonchev–Trinajstić information content (AvgIpc) is 3.22. The molecule has 1 fully saturated rings. The molecule has 0 heterocycles. The normalized spacial score (nSPS) is 14.1. The smallest absolute Gasteiger partial charge is 0.251 e. The van der Waals surface area contributed by atoms with E-state index in [1.807, 2.05) is 18.2 Å². The van der Waals surface area contributed by atoms with Gasteiger partial charge in [0.15, 0.2) is 0 Å². The minimum absolute atomic E-state index is 0.0550. The molecule has 0 aromatic heterocycles. The van der Waals surface area contributed by atoms with Crippen LogP contribution in [-0.2, 0) is 0 Å². The van der Waals surface area contributed by atoms with Gasteiger partial charge in [0, 0.05) is 16.6 Å². The number of hydrogen-bond acceptors (Lipinski definition) is 2. The van der Waals surface area contributed by atoms with Crippen molar-refractivity contribution in [1.82, 2.24) is 5.32 Å². The van der Waals surface area contributed by atoms with Gasteiger partial charge in [0.2, 0.25) is 0 Å². The molecule has 1 saturated carbocycles. The average molecular weight is 288 g/mol. The number of aromatic hydroxyl groups is 1. The molecular weight excluding hydrogens is 274 g/mol. The van der Waals surface area contributed by atoms with Gasteiger partial charge in [-0.3, -0.25) is 4.79 Å². The highest BCUT2D eigenvalue weighted by molar-refractivity contribution is 6.31. The van der Waals surface area contributed by atoms with Gasteiger partial charge in [-0.15, -0.1) is 0 Å². The van der Waals surface area contributed by atoms with Crippen LogP contribution in [-0.4, -0.2) is 17.1 Å². The number of phenols is 1. The third kappa shape index (κ3) is 2.94.